The highest BCUT2D eigenvalue weighted by molar-refractivity contribution is 7.17. The van der Waals surface area contributed by atoms with Gasteiger partial charge in [0.2, 0.25) is 0 Å². The van der Waals surface area contributed by atoms with Crippen LogP contribution in [0.5, 0.6) is 0 Å². The molecule has 9 heavy (non-hydrogen) atoms. The quantitative estimate of drug-likeness (QED) is 0.574. The van der Waals surface area contributed by atoms with Gasteiger partial charge in [0.1, 0.15) is 0 Å². The van der Waals surface area contributed by atoms with Gasteiger partial charge in [-0.3, -0.25) is 4.57 Å². The van der Waals surface area contributed by atoms with Gasteiger partial charge >= 0.3 is 0 Å². The summed E-state index contributed by atoms with van der Waals surface area (Å²) in [6.07, 6.45) is 1.86. The van der Waals surface area contributed by atoms with Crippen LogP contribution in [0, 0.1) is 0 Å². The average Bonchev–Trinajstić information content (AvgIpc) is 1.89. The molecule has 3 heteroatoms. The third-order valence-electron chi connectivity index (χ3n) is 1.83. The summed E-state index contributed by atoms with van der Waals surface area (Å²) in [6.45, 7) is 6.06. The lowest BCUT2D eigenvalue weighted by atomic mass is 10.0. The molecule has 0 aliphatic heterocycles. The zero-order valence-corrected chi connectivity index (χ0v) is 7.46. The van der Waals surface area contributed by atoms with Crippen molar-refractivity contribution in [3.63, 3.8) is 0 Å². The highest BCUT2D eigenvalue weighted by atomic mass is 31.1. The summed E-state index contributed by atoms with van der Waals surface area (Å²) in [5.41, 5.74) is -0.142. The van der Waals surface area contributed by atoms with Crippen LogP contribution < -0.4 is 0 Å². The molecule has 0 amide bonds. The molecule has 0 aromatic carbocycles. The van der Waals surface area contributed by atoms with Crippen molar-refractivity contribution in [2.75, 3.05) is 0 Å². The van der Waals surface area contributed by atoms with Crippen molar-refractivity contribution in [1.29, 1.82) is 0 Å². The summed E-state index contributed by atoms with van der Waals surface area (Å²) in [5.74, 6) is 0. The fraction of sp³-hybridized carbons (Fsp3) is 1.00. The highest BCUT2D eigenvalue weighted by Gasteiger charge is 2.18. The monoisotopic (exact) mass is 150 g/mol. The molecule has 0 aliphatic carbocycles. The maximum absolute atomic E-state index is 10.1. The van der Waals surface area contributed by atoms with Crippen LogP contribution in [0.1, 0.15) is 33.6 Å². The second-order valence-electron chi connectivity index (χ2n) is 2.37. The van der Waals surface area contributed by atoms with Gasteiger partial charge in [0, 0.05) is 0 Å². The van der Waals surface area contributed by atoms with E-state index < -0.39 is 8.69 Å². The van der Waals surface area contributed by atoms with Gasteiger partial charge in [0.15, 0.2) is 8.69 Å². The first kappa shape index (κ1) is 9.19. The van der Waals surface area contributed by atoms with E-state index in [1.165, 1.54) is 0 Å². The Kier molecular flexibility index (Phi) is 4.16. The Labute approximate surface area is 57.9 Å². The lowest BCUT2D eigenvalue weighted by Crippen LogP contribution is -2.22. The SMILES string of the molecule is CCC(C)(CC)O[PH2]=O. The van der Waals surface area contributed by atoms with Crippen LogP contribution in [-0.2, 0) is 9.09 Å². The molecular weight excluding hydrogens is 135 g/mol. The molecule has 0 aliphatic rings. The van der Waals surface area contributed by atoms with E-state index in [1.807, 2.05) is 20.8 Å². The third-order valence-corrected chi connectivity index (χ3v) is 2.49. The smallest absolute Gasteiger partial charge is 0.180 e. The van der Waals surface area contributed by atoms with E-state index in [9.17, 15) is 4.57 Å². The lowest BCUT2D eigenvalue weighted by molar-refractivity contribution is 0.0968. The van der Waals surface area contributed by atoms with E-state index in [0.29, 0.717) is 0 Å². The fourth-order valence-corrected chi connectivity index (χ4v) is 1.10. The van der Waals surface area contributed by atoms with Gasteiger partial charge in [-0.2, -0.15) is 0 Å². The summed E-state index contributed by atoms with van der Waals surface area (Å²) >= 11 is 0. The standard InChI is InChI=1S/C6H15O2P/c1-4-6(3,5-2)8-9-7/h4-5,9H2,1-3H3. The van der Waals surface area contributed by atoms with E-state index in [4.69, 9.17) is 4.52 Å². The summed E-state index contributed by atoms with van der Waals surface area (Å²) in [6, 6.07) is 0. The van der Waals surface area contributed by atoms with Crippen LogP contribution >= 0.6 is 8.69 Å². The van der Waals surface area contributed by atoms with E-state index in [0.717, 1.165) is 12.8 Å². The van der Waals surface area contributed by atoms with Crippen LogP contribution in [0.3, 0.4) is 0 Å². The molecule has 0 heterocycles. The first-order valence-corrected chi connectivity index (χ1v) is 4.24. The molecule has 0 aromatic heterocycles. The second kappa shape index (κ2) is 4.08. The topological polar surface area (TPSA) is 26.3 Å². The van der Waals surface area contributed by atoms with Gasteiger partial charge in [0.05, 0.1) is 5.60 Å². The van der Waals surface area contributed by atoms with E-state index >= 15 is 0 Å². The van der Waals surface area contributed by atoms with Gasteiger partial charge < -0.3 is 4.52 Å². The molecule has 1 unspecified atom stereocenters. The maximum atomic E-state index is 10.1. The van der Waals surface area contributed by atoms with Crippen molar-refractivity contribution in [3.05, 3.63) is 0 Å². The largest absolute Gasteiger partial charge is 0.326 e. The molecule has 2 nitrogen and oxygen atoms in total. The van der Waals surface area contributed by atoms with Gasteiger partial charge in [-0.15, -0.1) is 0 Å². The molecule has 0 rings (SSSR count). The minimum atomic E-state index is -1.04. The summed E-state index contributed by atoms with van der Waals surface area (Å²) in [7, 11) is -1.04. The predicted molar refractivity (Wildman–Crippen MR) is 40.5 cm³/mol. The Morgan fingerprint density at radius 1 is 1.44 bits per heavy atom. The Morgan fingerprint density at radius 2 is 1.89 bits per heavy atom. The Balaban J connectivity index is 3.75. The minimum absolute atomic E-state index is 0.142. The van der Waals surface area contributed by atoms with Crippen LogP contribution in [0.2, 0.25) is 0 Å². The molecule has 0 fully saturated rings. The highest BCUT2D eigenvalue weighted by Crippen LogP contribution is 2.23. The van der Waals surface area contributed by atoms with Crippen LogP contribution in [0.25, 0.3) is 0 Å². The van der Waals surface area contributed by atoms with Crippen molar-refractivity contribution in [1.82, 2.24) is 0 Å². The van der Waals surface area contributed by atoms with Crippen LogP contribution in [0.4, 0.5) is 0 Å². The van der Waals surface area contributed by atoms with Crippen molar-refractivity contribution in [2.45, 2.75) is 39.2 Å². The predicted octanol–water partition coefficient (Wildman–Crippen LogP) is 2.25. The molecule has 0 bridgehead atoms. The fourth-order valence-electron chi connectivity index (χ4n) is 0.533. The van der Waals surface area contributed by atoms with E-state index in [1.54, 1.807) is 0 Å². The van der Waals surface area contributed by atoms with Crippen molar-refractivity contribution in [2.24, 2.45) is 0 Å². The normalized spacial score (nSPS) is 13.2. The molecule has 56 valence electrons. The molecular formula is C6H15O2P. The van der Waals surface area contributed by atoms with Gasteiger partial charge in [-0.25, -0.2) is 0 Å². The van der Waals surface area contributed by atoms with Gasteiger partial charge in [-0.05, 0) is 19.8 Å². The number of hydrogen-bond acceptors (Lipinski definition) is 2. The van der Waals surface area contributed by atoms with Gasteiger partial charge in [0.25, 0.3) is 0 Å². The molecule has 0 spiro atoms. The summed E-state index contributed by atoms with van der Waals surface area (Å²) in [5, 5.41) is 0. The Morgan fingerprint density at radius 3 is 2.00 bits per heavy atom. The summed E-state index contributed by atoms with van der Waals surface area (Å²) < 4.78 is 15.2. The van der Waals surface area contributed by atoms with Crippen molar-refractivity contribution < 1.29 is 9.09 Å². The number of rotatable bonds is 4. The zero-order chi connectivity index (χ0) is 7.33. The lowest BCUT2D eigenvalue weighted by Gasteiger charge is -2.23. The summed E-state index contributed by atoms with van der Waals surface area (Å²) in [4.78, 5) is 0. The maximum Gasteiger partial charge on any atom is 0.180 e. The average molecular weight is 150 g/mol. The van der Waals surface area contributed by atoms with Gasteiger partial charge in [-0.1, -0.05) is 13.8 Å². The second-order valence-corrected chi connectivity index (χ2v) is 2.80. The third kappa shape index (κ3) is 3.02. The molecule has 0 radical (unpaired) electrons. The molecule has 0 aromatic rings. The van der Waals surface area contributed by atoms with Crippen molar-refractivity contribution in [3.8, 4) is 0 Å². The zero-order valence-electron chi connectivity index (χ0n) is 6.31. The molecule has 0 saturated heterocycles. The van der Waals surface area contributed by atoms with Crippen LogP contribution in [0.15, 0.2) is 0 Å². The van der Waals surface area contributed by atoms with E-state index in [-0.39, 0.29) is 5.60 Å². The Bertz CT molecular complexity index is 89.1. The first-order chi connectivity index (χ1) is 4.18. The number of hydrogen-bond donors (Lipinski definition) is 0. The molecule has 0 N–H and O–H groups in total. The van der Waals surface area contributed by atoms with E-state index in [2.05, 4.69) is 0 Å². The Hall–Kier alpha value is 0.190. The molecule has 0 saturated carbocycles. The van der Waals surface area contributed by atoms with Crippen molar-refractivity contribution >= 4 is 8.69 Å². The molecule has 1 atom stereocenters. The van der Waals surface area contributed by atoms with Crippen LogP contribution in [-0.4, -0.2) is 5.60 Å². The first-order valence-electron chi connectivity index (χ1n) is 3.30. The minimum Gasteiger partial charge on any atom is -0.326 e.